The van der Waals surface area contributed by atoms with Crippen molar-refractivity contribution in [3.05, 3.63) is 54.6 Å². The first-order valence-electron chi connectivity index (χ1n) is 6.49. The van der Waals surface area contributed by atoms with Gasteiger partial charge in [-0.2, -0.15) is 0 Å². The standard InChI is InChI=1S/C16H18N2/c17-15-9-10-18(12-15)16-8-4-7-14(11-16)13-5-2-1-3-6-13/h1-8,11,15H,9-10,12,17H2. The molecule has 2 aromatic carbocycles. The van der Waals surface area contributed by atoms with Crippen LogP contribution in [0.1, 0.15) is 6.42 Å². The molecule has 1 aliphatic rings. The lowest BCUT2D eigenvalue weighted by Gasteiger charge is -2.19. The van der Waals surface area contributed by atoms with Gasteiger partial charge in [-0.25, -0.2) is 0 Å². The molecule has 0 spiro atoms. The van der Waals surface area contributed by atoms with Gasteiger partial charge in [0, 0.05) is 24.8 Å². The molecule has 0 amide bonds. The number of nitrogens with two attached hydrogens (primary N) is 1. The van der Waals surface area contributed by atoms with E-state index in [0.717, 1.165) is 19.5 Å². The van der Waals surface area contributed by atoms with Crippen LogP contribution in [0, 0.1) is 0 Å². The van der Waals surface area contributed by atoms with Gasteiger partial charge >= 0.3 is 0 Å². The highest BCUT2D eigenvalue weighted by molar-refractivity contribution is 5.68. The highest BCUT2D eigenvalue weighted by Gasteiger charge is 2.19. The van der Waals surface area contributed by atoms with Gasteiger partial charge in [0.25, 0.3) is 0 Å². The van der Waals surface area contributed by atoms with Gasteiger partial charge in [-0.15, -0.1) is 0 Å². The number of hydrogen-bond acceptors (Lipinski definition) is 2. The summed E-state index contributed by atoms with van der Waals surface area (Å²) in [5.41, 5.74) is 9.79. The Kier molecular flexibility index (Phi) is 3.03. The first-order chi connectivity index (χ1) is 8.83. The van der Waals surface area contributed by atoms with Crippen LogP contribution in [0.3, 0.4) is 0 Å². The van der Waals surface area contributed by atoms with Crippen LogP contribution in [0.2, 0.25) is 0 Å². The van der Waals surface area contributed by atoms with E-state index in [4.69, 9.17) is 5.73 Å². The van der Waals surface area contributed by atoms with Crippen LogP contribution < -0.4 is 10.6 Å². The first-order valence-corrected chi connectivity index (χ1v) is 6.49. The van der Waals surface area contributed by atoms with Crippen molar-refractivity contribution in [2.45, 2.75) is 12.5 Å². The molecule has 1 fully saturated rings. The van der Waals surface area contributed by atoms with E-state index in [-0.39, 0.29) is 0 Å². The maximum Gasteiger partial charge on any atom is 0.0372 e. The van der Waals surface area contributed by atoms with E-state index in [1.54, 1.807) is 0 Å². The Morgan fingerprint density at radius 1 is 0.944 bits per heavy atom. The molecule has 1 atom stereocenters. The maximum absolute atomic E-state index is 5.97. The van der Waals surface area contributed by atoms with Crippen molar-refractivity contribution in [1.82, 2.24) is 0 Å². The lowest BCUT2D eigenvalue weighted by molar-refractivity contribution is 0.752. The molecule has 2 heteroatoms. The van der Waals surface area contributed by atoms with Gasteiger partial charge in [0.2, 0.25) is 0 Å². The predicted molar refractivity (Wildman–Crippen MR) is 76.7 cm³/mol. The molecule has 1 aliphatic heterocycles. The Labute approximate surface area is 108 Å². The van der Waals surface area contributed by atoms with Crippen LogP contribution in [-0.4, -0.2) is 19.1 Å². The molecule has 0 aromatic heterocycles. The van der Waals surface area contributed by atoms with Crippen molar-refractivity contribution in [3.63, 3.8) is 0 Å². The SMILES string of the molecule is NC1CCN(c2cccc(-c3ccccc3)c2)C1. The summed E-state index contributed by atoms with van der Waals surface area (Å²) in [4.78, 5) is 2.37. The molecular weight excluding hydrogens is 220 g/mol. The molecule has 0 saturated carbocycles. The molecule has 0 bridgehead atoms. The van der Waals surface area contributed by atoms with Gasteiger partial charge in [-0.05, 0) is 29.7 Å². The minimum absolute atomic E-state index is 0.324. The van der Waals surface area contributed by atoms with Crippen LogP contribution in [0.4, 0.5) is 5.69 Å². The van der Waals surface area contributed by atoms with Crippen molar-refractivity contribution in [2.75, 3.05) is 18.0 Å². The summed E-state index contributed by atoms with van der Waals surface area (Å²) < 4.78 is 0. The number of anilines is 1. The van der Waals surface area contributed by atoms with Crippen molar-refractivity contribution in [3.8, 4) is 11.1 Å². The summed E-state index contributed by atoms with van der Waals surface area (Å²) in [6.07, 6.45) is 1.09. The summed E-state index contributed by atoms with van der Waals surface area (Å²) >= 11 is 0. The normalized spacial score (nSPS) is 19.2. The third-order valence-electron chi connectivity index (χ3n) is 3.54. The van der Waals surface area contributed by atoms with Gasteiger partial charge in [-0.3, -0.25) is 0 Å². The minimum Gasteiger partial charge on any atom is -0.370 e. The van der Waals surface area contributed by atoms with Crippen molar-refractivity contribution in [1.29, 1.82) is 0 Å². The fourth-order valence-corrected chi connectivity index (χ4v) is 2.53. The zero-order valence-electron chi connectivity index (χ0n) is 10.4. The predicted octanol–water partition coefficient (Wildman–Crippen LogP) is 2.89. The van der Waals surface area contributed by atoms with E-state index < -0.39 is 0 Å². The smallest absolute Gasteiger partial charge is 0.0372 e. The topological polar surface area (TPSA) is 29.3 Å². The fourth-order valence-electron chi connectivity index (χ4n) is 2.53. The number of benzene rings is 2. The monoisotopic (exact) mass is 238 g/mol. The fraction of sp³-hybridized carbons (Fsp3) is 0.250. The average Bonchev–Trinajstić information content (AvgIpc) is 2.87. The molecule has 2 N–H and O–H groups in total. The van der Waals surface area contributed by atoms with Crippen LogP contribution >= 0.6 is 0 Å². The third-order valence-corrected chi connectivity index (χ3v) is 3.54. The lowest BCUT2D eigenvalue weighted by atomic mass is 10.1. The van der Waals surface area contributed by atoms with Crippen molar-refractivity contribution >= 4 is 5.69 Å². The summed E-state index contributed by atoms with van der Waals surface area (Å²) in [6.45, 7) is 2.04. The lowest BCUT2D eigenvalue weighted by Crippen LogP contribution is -2.26. The van der Waals surface area contributed by atoms with E-state index in [0.29, 0.717) is 6.04 Å². The largest absolute Gasteiger partial charge is 0.370 e. The van der Waals surface area contributed by atoms with Gasteiger partial charge in [0.15, 0.2) is 0 Å². The molecule has 3 rings (SSSR count). The number of hydrogen-bond donors (Lipinski definition) is 1. The van der Waals surface area contributed by atoms with E-state index >= 15 is 0 Å². The second-order valence-electron chi connectivity index (χ2n) is 4.91. The van der Waals surface area contributed by atoms with Crippen LogP contribution in [0.15, 0.2) is 54.6 Å². The van der Waals surface area contributed by atoms with Gasteiger partial charge in [-0.1, -0.05) is 42.5 Å². The van der Waals surface area contributed by atoms with Crippen LogP contribution in [0.5, 0.6) is 0 Å². The van der Waals surface area contributed by atoms with E-state index in [1.807, 2.05) is 6.07 Å². The molecule has 1 unspecified atom stereocenters. The Morgan fingerprint density at radius 2 is 1.72 bits per heavy atom. The Morgan fingerprint density at radius 3 is 2.44 bits per heavy atom. The Bertz CT molecular complexity index is 522. The Hall–Kier alpha value is -1.80. The van der Waals surface area contributed by atoms with Gasteiger partial charge in [0.05, 0.1) is 0 Å². The van der Waals surface area contributed by atoms with E-state index in [2.05, 4.69) is 53.4 Å². The van der Waals surface area contributed by atoms with E-state index in [1.165, 1.54) is 16.8 Å². The second-order valence-corrected chi connectivity index (χ2v) is 4.91. The highest BCUT2D eigenvalue weighted by atomic mass is 15.2. The number of rotatable bonds is 2. The molecule has 18 heavy (non-hydrogen) atoms. The van der Waals surface area contributed by atoms with Crippen LogP contribution in [0.25, 0.3) is 11.1 Å². The zero-order chi connectivity index (χ0) is 12.4. The van der Waals surface area contributed by atoms with Crippen molar-refractivity contribution < 1.29 is 0 Å². The average molecular weight is 238 g/mol. The molecule has 1 heterocycles. The van der Waals surface area contributed by atoms with E-state index in [9.17, 15) is 0 Å². The summed E-state index contributed by atoms with van der Waals surface area (Å²) in [7, 11) is 0. The summed E-state index contributed by atoms with van der Waals surface area (Å²) in [5.74, 6) is 0. The quantitative estimate of drug-likeness (QED) is 0.871. The third kappa shape index (κ3) is 2.24. The maximum atomic E-state index is 5.97. The molecule has 2 aromatic rings. The molecule has 92 valence electrons. The molecule has 2 nitrogen and oxygen atoms in total. The van der Waals surface area contributed by atoms with Crippen molar-refractivity contribution in [2.24, 2.45) is 5.73 Å². The second kappa shape index (κ2) is 4.83. The zero-order valence-corrected chi connectivity index (χ0v) is 10.4. The highest BCUT2D eigenvalue weighted by Crippen LogP contribution is 2.26. The first kappa shape index (κ1) is 11.3. The molecule has 0 aliphatic carbocycles. The Balaban J connectivity index is 1.90. The number of nitrogens with zero attached hydrogens (tertiary/aromatic N) is 1. The van der Waals surface area contributed by atoms with Crippen LogP contribution in [-0.2, 0) is 0 Å². The molecule has 1 saturated heterocycles. The summed E-state index contributed by atoms with van der Waals surface area (Å²) in [5, 5.41) is 0. The molecular formula is C16H18N2. The minimum atomic E-state index is 0.324. The van der Waals surface area contributed by atoms with Gasteiger partial charge in [0.1, 0.15) is 0 Å². The summed E-state index contributed by atoms with van der Waals surface area (Å²) in [6, 6.07) is 19.5. The molecule has 0 radical (unpaired) electrons. The van der Waals surface area contributed by atoms with Gasteiger partial charge < -0.3 is 10.6 Å².